The molecule has 15 heavy (non-hydrogen) atoms. The van der Waals surface area contributed by atoms with Gasteiger partial charge in [0.25, 0.3) is 0 Å². The van der Waals surface area contributed by atoms with Gasteiger partial charge in [0, 0.05) is 5.00 Å². The molecule has 0 fully saturated rings. The van der Waals surface area contributed by atoms with Crippen LogP contribution in [0.1, 0.15) is 27.2 Å². The summed E-state index contributed by atoms with van der Waals surface area (Å²) in [6.45, 7) is 6.79. The summed E-state index contributed by atoms with van der Waals surface area (Å²) in [7, 11) is 3.39. The lowest BCUT2D eigenvalue weighted by Gasteiger charge is -2.23. The summed E-state index contributed by atoms with van der Waals surface area (Å²) in [5.41, 5.74) is 0. The Bertz CT molecular complexity index is 160. The van der Waals surface area contributed by atoms with Gasteiger partial charge in [0.1, 0.15) is 6.23 Å². The third kappa shape index (κ3) is 8.22. The molecule has 0 aromatic heterocycles. The highest BCUT2D eigenvalue weighted by Gasteiger charge is 2.10. The fraction of sp³-hybridized carbons (Fsp3) is 1.00. The Kier molecular flexibility index (Phi) is 8.75. The zero-order valence-corrected chi connectivity index (χ0v) is 12.7. The quantitative estimate of drug-likeness (QED) is 0.371. The second kappa shape index (κ2) is 8.53. The normalized spacial score (nSPS) is 18.6. The standard InChI is InChI=1S/C10H24ClNO2Si/c1-6-10(11)15-14-8(2)7-13-9(3)12(4)5/h8-10H,6-7,15H2,1-5H3. The van der Waals surface area contributed by atoms with Crippen molar-refractivity contribution >= 4 is 21.4 Å². The molecule has 0 aliphatic rings. The zero-order valence-electron chi connectivity index (χ0n) is 10.5. The fourth-order valence-electron chi connectivity index (χ4n) is 0.858. The Balaban J connectivity index is 3.52. The molecule has 0 aromatic rings. The first-order chi connectivity index (χ1) is 6.97. The first-order valence-electron chi connectivity index (χ1n) is 5.51. The molecule has 3 unspecified atom stereocenters. The van der Waals surface area contributed by atoms with Crippen LogP contribution in [0.5, 0.6) is 0 Å². The van der Waals surface area contributed by atoms with E-state index in [0.29, 0.717) is 6.61 Å². The van der Waals surface area contributed by atoms with Crippen molar-refractivity contribution in [2.75, 3.05) is 20.7 Å². The van der Waals surface area contributed by atoms with Crippen molar-refractivity contribution in [3.63, 3.8) is 0 Å². The molecule has 0 heterocycles. The SMILES string of the molecule is CCC(Cl)[SiH2]OC(C)COC(C)N(C)C. The summed E-state index contributed by atoms with van der Waals surface area (Å²) >= 11 is 6.01. The first kappa shape index (κ1) is 15.4. The Morgan fingerprint density at radius 3 is 2.40 bits per heavy atom. The molecule has 3 nitrogen and oxygen atoms in total. The van der Waals surface area contributed by atoms with Crippen LogP contribution in [0.2, 0.25) is 0 Å². The molecule has 0 N–H and O–H groups in total. The monoisotopic (exact) mass is 253 g/mol. The van der Waals surface area contributed by atoms with Crippen LogP contribution in [0.4, 0.5) is 0 Å². The molecule has 5 heteroatoms. The first-order valence-corrected chi connectivity index (χ1v) is 7.34. The Morgan fingerprint density at radius 1 is 1.33 bits per heavy atom. The van der Waals surface area contributed by atoms with Crippen molar-refractivity contribution < 1.29 is 9.16 Å². The number of alkyl halides is 1. The highest BCUT2D eigenvalue weighted by molar-refractivity contribution is 6.48. The van der Waals surface area contributed by atoms with Gasteiger partial charge in [0.05, 0.1) is 12.7 Å². The molecule has 3 atom stereocenters. The molecule has 0 rings (SSSR count). The molecule has 0 bridgehead atoms. The number of halogens is 1. The van der Waals surface area contributed by atoms with Crippen molar-refractivity contribution in [2.45, 2.75) is 44.5 Å². The van der Waals surface area contributed by atoms with E-state index in [1.807, 2.05) is 32.8 Å². The fourth-order valence-corrected chi connectivity index (χ4v) is 1.95. The molecular formula is C10H24ClNO2Si. The minimum atomic E-state index is -0.604. The van der Waals surface area contributed by atoms with Crippen molar-refractivity contribution in [3.05, 3.63) is 0 Å². The third-order valence-electron chi connectivity index (χ3n) is 2.30. The molecule has 0 aromatic carbocycles. The number of nitrogens with zero attached hydrogens (tertiary/aromatic N) is 1. The van der Waals surface area contributed by atoms with Gasteiger partial charge >= 0.3 is 0 Å². The molecule has 0 spiro atoms. The Labute approximate surface area is 101 Å². The average Bonchev–Trinajstić information content (AvgIpc) is 2.21. The van der Waals surface area contributed by atoms with Gasteiger partial charge in [-0.25, -0.2) is 0 Å². The molecule has 0 saturated carbocycles. The van der Waals surface area contributed by atoms with E-state index in [4.69, 9.17) is 20.8 Å². The van der Waals surface area contributed by atoms with E-state index in [9.17, 15) is 0 Å². The Hall–Kier alpha value is 0.387. The predicted octanol–water partition coefficient (Wildman–Crippen LogP) is 1.37. The van der Waals surface area contributed by atoms with E-state index < -0.39 is 9.76 Å². The maximum atomic E-state index is 6.01. The molecule has 0 amide bonds. The van der Waals surface area contributed by atoms with E-state index in [2.05, 4.69) is 6.92 Å². The van der Waals surface area contributed by atoms with Gasteiger partial charge in [0.15, 0.2) is 9.76 Å². The summed E-state index contributed by atoms with van der Waals surface area (Å²) in [4.78, 5) is 2.03. The summed E-state index contributed by atoms with van der Waals surface area (Å²) in [5, 5.41) is 0.249. The summed E-state index contributed by atoms with van der Waals surface area (Å²) < 4.78 is 11.3. The second-order valence-electron chi connectivity index (χ2n) is 4.05. The van der Waals surface area contributed by atoms with Gasteiger partial charge in [-0.05, 0) is 34.4 Å². The van der Waals surface area contributed by atoms with Crippen LogP contribution in [0.15, 0.2) is 0 Å². The largest absolute Gasteiger partial charge is 0.418 e. The average molecular weight is 254 g/mol. The van der Waals surface area contributed by atoms with Crippen LogP contribution in [0.3, 0.4) is 0 Å². The molecule has 0 aliphatic heterocycles. The van der Waals surface area contributed by atoms with E-state index in [1.54, 1.807) is 0 Å². The van der Waals surface area contributed by atoms with Crippen molar-refractivity contribution in [3.8, 4) is 0 Å². The van der Waals surface area contributed by atoms with Crippen LogP contribution < -0.4 is 0 Å². The Morgan fingerprint density at radius 2 is 1.93 bits per heavy atom. The molecule has 0 radical (unpaired) electrons. The van der Waals surface area contributed by atoms with Crippen molar-refractivity contribution in [1.82, 2.24) is 4.90 Å². The summed E-state index contributed by atoms with van der Waals surface area (Å²) in [6, 6.07) is 0. The number of hydrogen-bond donors (Lipinski definition) is 0. The number of rotatable bonds is 8. The van der Waals surface area contributed by atoms with Gasteiger partial charge in [-0.2, -0.15) is 0 Å². The number of ether oxygens (including phenoxy) is 1. The highest BCUT2D eigenvalue weighted by Crippen LogP contribution is 2.03. The van der Waals surface area contributed by atoms with E-state index >= 15 is 0 Å². The van der Waals surface area contributed by atoms with E-state index in [1.165, 1.54) is 0 Å². The van der Waals surface area contributed by atoms with E-state index in [0.717, 1.165) is 6.42 Å². The van der Waals surface area contributed by atoms with E-state index in [-0.39, 0.29) is 17.3 Å². The minimum absolute atomic E-state index is 0.135. The lowest BCUT2D eigenvalue weighted by Crippen LogP contribution is -2.31. The van der Waals surface area contributed by atoms with Crippen LogP contribution in [0, 0.1) is 0 Å². The minimum Gasteiger partial charge on any atom is -0.418 e. The second-order valence-corrected chi connectivity index (χ2v) is 6.83. The molecule has 0 aliphatic carbocycles. The highest BCUT2D eigenvalue weighted by atomic mass is 35.5. The van der Waals surface area contributed by atoms with Gasteiger partial charge in [-0.15, -0.1) is 11.6 Å². The van der Waals surface area contributed by atoms with Crippen LogP contribution in [-0.2, 0) is 9.16 Å². The van der Waals surface area contributed by atoms with Crippen LogP contribution >= 0.6 is 11.6 Å². The van der Waals surface area contributed by atoms with Gasteiger partial charge in [-0.3, -0.25) is 4.90 Å². The van der Waals surface area contributed by atoms with Gasteiger partial charge < -0.3 is 9.16 Å². The maximum absolute atomic E-state index is 6.01. The third-order valence-corrected chi connectivity index (χ3v) is 4.69. The summed E-state index contributed by atoms with van der Waals surface area (Å²) in [5.74, 6) is 0. The van der Waals surface area contributed by atoms with Crippen LogP contribution in [-0.4, -0.2) is 52.7 Å². The van der Waals surface area contributed by atoms with Gasteiger partial charge in [-0.1, -0.05) is 6.92 Å². The van der Waals surface area contributed by atoms with Crippen molar-refractivity contribution in [2.24, 2.45) is 0 Å². The maximum Gasteiger partial charge on any atom is 0.179 e. The molecular weight excluding hydrogens is 230 g/mol. The number of hydrogen-bond acceptors (Lipinski definition) is 3. The van der Waals surface area contributed by atoms with Crippen molar-refractivity contribution in [1.29, 1.82) is 0 Å². The molecule has 0 saturated heterocycles. The lowest BCUT2D eigenvalue weighted by atomic mass is 10.4. The predicted molar refractivity (Wildman–Crippen MR) is 68.1 cm³/mol. The lowest BCUT2D eigenvalue weighted by molar-refractivity contribution is -0.0499. The van der Waals surface area contributed by atoms with Gasteiger partial charge in [0.2, 0.25) is 0 Å². The zero-order chi connectivity index (χ0) is 11.8. The smallest absolute Gasteiger partial charge is 0.179 e. The summed E-state index contributed by atoms with van der Waals surface area (Å²) in [6.07, 6.45) is 1.29. The van der Waals surface area contributed by atoms with Crippen LogP contribution in [0.25, 0.3) is 0 Å². The molecule has 92 valence electrons. The topological polar surface area (TPSA) is 21.7 Å².